The van der Waals surface area contributed by atoms with Crippen molar-refractivity contribution in [2.75, 3.05) is 13.2 Å². The zero-order valence-corrected chi connectivity index (χ0v) is 56.3. The number of aromatic amines is 1. The Hall–Kier alpha value is -7.00. The molecule has 1 unspecified atom stereocenters. The Morgan fingerprint density at radius 3 is 2.02 bits per heavy atom. The molecule has 15 atom stereocenters. The molecule has 6 aliphatic rings. The van der Waals surface area contributed by atoms with Crippen LogP contribution in [0.5, 0.6) is 0 Å². The maximum absolute atomic E-state index is 14.4. The number of benzene rings is 1. The normalized spacial score (nSPS) is 31.0. The Labute approximate surface area is 551 Å². The molecule has 2 saturated heterocycles. The fourth-order valence-corrected chi connectivity index (χ4v) is 16.6. The number of phosphoric acid groups is 1. The molecule has 4 amide bonds. The summed E-state index contributed by atoms with van der Waals surface area (Å²) in [4.78, 5) is 86.0. The third kappa shape index (κ3) is 14.6. The molecule has 30 heteroatoms. The summed E-state index contributed by atoms with van der Waals surface area (Å²) in [5.41, 5.74) is 19.4. The fourth-order valence-electron chi connectivity index (χ4n) is 15.5. The zero-order chi connectivity index (χ0) is 68.7. The van der Waals surface area contributed by atoms with Crippen molar-refractivity contribution in [3.05, 3.63) is 70.5 Å². The van der Waals surface area contributed by atoms with E-state index in [1.54, 1.807) is 38.6 Å². The maximum atomic E-state index is 14.4. The standard InChI is InChI=1S/C62H90N13O14P.CN.Co/c1-29-20-39-40(21-30(29)2)75(28-70-39)57-52(84)53(41(27-76)87-57)89-90(85,86)88-31(3)26-69-49(83)18-19-59(8)37(22-46(66)80)56-62(11)61(10,25-48(68)82)36(14-17-45(65)79)51(74-62)33(5)55-60(9,24-47(67)81)34(12-15-43(63)77)38(71-55)23-42-58(6,7)35(13-16-44(64)78)50(72-42)32(4)54(59)73-56;1-2;/h20-21,23,28,31,34-37,41,52-53,56-57,76,84H,12-19,22,24-27H2,1-11H3,(H15,63,64,65,66,67,68,69,71,72,73,74,77,78,79,80,81,82,83,85,86);;/q;-1;/p-2/t31-,34-,35-,36-,37+,41-,52-,53-,56-,57+,59-,60+,61+,62+;;/m1../s1. The number of nitrogens with two attached hydrogens (primary N) is 3. The van der Waals surface area contributed by atoms with E-state index >= 15 is 0 Å². The number of imidazole rings is 1. The minimum absolute atomic E-state index is 0. The molecule has 28 nitrogen and oxygen atoms in total. The molecule has 7 heterocycles. The number of aryl methyl sites for hydroxylation is 2. The molecule has 93 heavy (non-hydrogen) atoms. The van der Waals surface area contributed by atoms with Crippen molar-refractivity contribution >= 4 is 77.3 Å². The van der Waals surface area contributed by atoms with Gasteiger partial charge in [-0.2, -0.15) is 4.57 Å². The zero-order valence-electron chi connectivity index (χ0n) is 54.4. The number of rotatable bonds is 26. The van der Waals surface area contributed by atoms with Crippen molar-refractivity contribution < 1.29 is 89.3 Å². The number of hydrogen-bond acceptors (Lipinski definition) is 21. The van der Waals surface area contributed by atoms with E-state index in [4.69, 9.17) is 74.0 Å². The topological polar surface area (TPSA) is 497 Å². The Kier molecular flexibility index (Phi) is 23.0. The van der Waals surface area contributed by atoms with E-state index in [0.717, 1.165) is 16.6 Å². The summed E-state index contributed by atoms with van der Waals surface area (Å²) in [5.74, 6) is -8.24. The van der Waals surface area contributed by atoms with Crippen molar-refractivity contribution in [3.63, 3.8) is 0 Å². The van der Waals surface area contributed by atoms with Crippen LogP contribution in [0.15, 0.2) is 67.8 Å². The molecule has 0 saturated carbocycles. The number of nitrogens with zero attached hydrogens (tertiary/aromatic N) is 5. The van der Waals surface area contributed by atoms with E-state index in [1.165, 1.54) is 6.92 Å². The summed E-state index contributed by atoms with van der Waals surface area (Å²) in [6.45, 7) is 23.8. The maximum Gasteiger partial charge on any atom is 0.472 e. The van der Waals surface area contributed by atoms with Gasteiger partial charge in [0.25, 0.3) is 0 Å². The first-order valence-electron chi connectivity index (χ1n) is 30.7. The average molecular weight is 1360 g/mol. The summed E-state index contributed by atoms with van der Waals surface area (Å²) in [5, 5.41) is 96.4. The summed E-state index contributed by atoms with van der Waals surface area (Å²) in [6, 6.07) is 2.74. The van der Waals surface area contributed by atoms with Gasteiger partial charge >= 0.3 is 7.82 Å². The van der Waals surface area contributed by atoms with E-state index in [0.29, 0.717) is 50.9 Å². The number of allylic oxidation sites excluding steroid dienone is 6. The molecule has 8 bridgehead atoms. The van der Waals surface area contributed by atoms with Crippen molar-refractivity contribution in [2.45, 2.75) is 189 Å². The second kappa shape index (κ2) is 28.5. The molecule has 1 aromatic heterocycles. The number of fused-ring (bicyclic) bond motifs is 7. The van der Waals surface area contributed by atoms with Crippen LogP contribution in [0, 0.1) is 87.2 Å². The van der Waals surface area contributed by atoms with Gasteiger partial charge < -0.3 is 91.1 Å². The monoisotopic (exact) mass is 1350 g/mol. The number of nitrogens with one attached hydrogen (secondary N) is 6. The first-order chi connectivity index (χ1) is 42.8. The molecule has 6 aliphatic heterocycles. The van der Waals surface area contributed by atoms with Gasteiger partial charge in [0.15, 0.2) is 11.0 Å². The van der Waals surface area contributed by atoms with E-state index in [1.807, 2.05) is 59.8 Å². The Morgan fingerprint density at radius 1 is 0.871 bits per heavy atom. The van der Waals surface area contributed by atoms with Gasteiger partial charge in [-0.15, -0.1) is 0 Å². The number of amides is 4. The van der Waals surface area contributed by atoms with Crippen molar-refractivity contribution in [1.29, 1.82) is 21.5 Å². The number of aliphatic imine (C=N–C) groups is 3. The van der Waals surface area contributed by atoms with Gasteiger partial charge in [-0.1, -0.05) is 34.6 Å². The fraction of sp³-hybridized carbons (Fsp3) is 0.619. The molecular weight excluding hydrogens is 1270 g/mol. The molecule has 2 fully saturated rings. The molecule has 1 aromatic carbocycles. The molecule has 511 valence electrons. The molecule has 8 rings (SSSR count). The Morgan fingerprint density at radius 2 is 1.45 bits per heavy atom. The van der Waals surface area contributed by atoms with Crippen molar-refractivity contribution in [3.8, 4) is 0 Å². The van der Waals surface area contributed by atoms with E-state index in [9.17, 15) is 54.2 Å². The number of primary amides is 3. The van der Waals surface area contributed by atoms with Crippen LogP contribution in [0.2, 0.25) is 0 Å². The number of aliphatic hydroxyl groups is 2. The third-order valence-electron chi connectivity index (χ3n) is 20.6. The van der Waals surface area contributed by atoms with Crippen molar-refractivity contribution in [1.82, 2.24) is 15.6 Å². The summed E-state index contributed by atoms with van der Waals surface area (Å²) >= 11 is 0. The minimum atomic E-state index is -5.07. The van der Waals surface area contributed by atoms with Crippen LogP contribution in [-0.4, -0.2) is 128 Å². The van der Waals surface area contributed by atoms with Crippen LogP contribution in [0.4, 0.5) is 0 Å². The second-order valence-electron chi connectivity index (χ2n) is 27.0. The van der Waals surface area contributed by atoms with Gasteiger partial charge in [-0.05, 0) is 145 Å². The van der Waals surface area contributed by atoms with E-state index < -0.39 is 143 Å². The Balaban J connectivity index is 0.00000453. The van der Waals surface area contributed by atoms with Gasteiger partial charge in [-0.3, -0.25) is 43.2 Å². The number of phosphoric ester groups is 1. The van der Waals surface area contributed by atoms with Crippen LogP contribution >= 0.6 is 7.82 Å². The number of carbonyl (C=O) groups is 4. The van der Waals surface area contributed by atoms with Crippen LogP contribution in [0.3, 0.4) is 0 Å². The van der Waals surface area contributed by atoms with Gasteiger partial charge in [0, 0.05) is 129 Å². The molecular formula is C63H88CoN14O14P-3. The van der Waals surface area contributed by atoms with Gasteiger partial charge in [0.05, 0.1) is 24.3 Å². The summed E-state index contributed by atoms with van der Waals surface area (Å²) < 4.78 is 32.3. The quantitative estimate of drug-likeness (QED) is 0.0211. The first kappa shape index (κ1) is 75.0. The van der Waals surface area contributed by atoms with Gasteiger partial charge in [-0.25, -0.2) is 9.55 Å². The molecule has 0 aliphatic carbocycles. The third-order valence-corrected chi connectivity index (χ3v) is 21.7. The number of hydrogen-bond donors (Lipinski definition) is 12. The van der Waals surface area contributed by atoms with Crippen molar-refractivity contribution in [2.24, 2.45) is 77.5 Å². The summed E-state index contributed by atoms with van der Waals surface area (Å²) in [6.07, 6.45) is -4.86. The molecule has 1 radical (unpaired) electrons. The minimum Gasteiger partial charge on any atom is -0.862 e. The SMILES string of the molecule is CC1=C2N=C(C=C3NC(=C(C)C4=N[C@@](C)([C@@H]5N=C1[C@](C)(CCC(=O)NC[C@@H](C)OP(=O)(O)O[C@H]1[C@@H](O)[C@@H]([n+]6c[nH]c7cc(C)c(C)cc76)O[C@@H]1CO)[C@H]5CC(N)=O)[C@@](C)(CC(N)=O)[C@@H]4CCC(=N)[O-])[C@@](C)(CC(N)=O)[C@@H]3CCC(=N)[O-])C(C)(C)[C@@H]2CCC(=N)[O-].[C-]#N.[Co]. The largest absolute Gasteiger partial charge is 0.862 e. The van der Waals surface area contributed by atoms with Crippen LogP contribution < -0.4 is 47.7 Å². The van der Waals surface area contributed by atoms with Crippen LogP contribution in [0.25, 0.3) is 11.0 Å². The predicted octanol–water partition coefficient (Wildman–Crippen LogP) is 2.23. The predicted molar refractivity (Wildman–Crippen MR) is 333 cm³/mol. The number of H-pyrrole nitrogens is 1. The number of ether oxygens (including phenoxy) is 1. The first-order valence-corrected chi connectivity index (χ1v) is 32.2. The number of aromatic nitrogens is 2. The Bertz CT molecular complexity index is 3600. The van der Waals surface area contributed by atoms with Crippen LogP contribution in [0.1, 0.15) is 150 Å². The number of carbonyl (C=O) groups excluding carboxylic acids is 4. The van der Waals surface area contributed by atoms with Gasteiger partial charge in [0.2, 0.25) is 36.2 Å². The second-order valence-corrected chi connectivity index (χ2v) is 28.4. The van der Waals surface area contributed by atoms with Crippen LogP contribution in [-0.2, 0) is 54.3 Å². The van der Waals surface area contributed by atoms with E-state index in [-0.39, 0.29) is 94.0 Å². The molecule has 15 N–H and O–H groups in total. The van der Waals surface area contributed by atoms with Gasteiger partial charge in [0.1, 0.15) is 18.3 Å². The summed E-state index contributed by atoms with van der Waals surface area (Å²) in [7, 11) is -5.07. The van der Waals surface area contributed by atoms with E-state index in [2.05, 4.69) is 15.6 Å². The smallest absolute Gasteiger partial charge is 0.472 e. The average Bonchev–Trinajstić information content (AvgIpc) is 1.53. The molecule has 0 spiro atoms. The number of aliphatic hydroxyl groups excluding tert-OH is 2. The molecule has 2 aromatic rings.